The van der Waals surface area contributed by atoms with Crippen molar-refractivity contribution in [2.24, 2.45) is 0 Å². The van der Waals surface area contributed by atoms with Gasteiger partial charge in [-0.05, 0) is 29.7 Å². The number of aromatic hydroxyl groups is 1. The molecule has 0 unspecified atom stereocenters. The average Bonchev–Trinajstić information content (AvgIpc) is 2.26. The number of carboxylic acid groups (broad SMARTS) is 1. The molecule has 0 fully saturated rings. The van der Waals surface area contributed by atoms with Crippen LogP contribution >= 0.6 is 0 Å². The maximum absolute atomic E-state index is 11.2. The third-order valence-corrected chi connectivity index (χ3v) is 3.12. The Morgan fingerprint density at radius 2 is 1.83 bits per heavy atom. The predicted molar refractivity (Wildman–Crippen MR) is 71.4 cm³/mol. The Bertz CT molecular complexity index is 627. The van der Waals surface area contributed by atoms with E-state index >= 15 is 0 Å². The lowest BCUT2D eigenvalue weighted by molar-refractivity contribution is 0.0698. The van der Waals surface area contributed by atoms with Gasteiger partial charge in [0.25, 0.3) is 0 Å². The Kier molecular flexibility index (Phi) is 2.99. The monoisotopic (exact) mass is 244 g/mol. The van der Waals surface area contributed by atoms with Crippen molar-refractivity contribution in [2.45, 2.75) is 26.7 Å². The number of fused-ring (bicyclic) bond motifs is 1. The Morgan fingerprint density at radius 3 is 2.39 bits per heavy atom. The first-order chi connectivity index (χ1) is 8.41. The molecule has 0 aromatic heterocycles. The maximum atomic E-state index is 11.2. The molecule has 0 atom stereocenters. The molecule has 94 valence electrons. The first-order valence-electron chi connectivity index (χ1n) is 5.91. The smallest absolute Gasteiger partial charge is 0.336 e. The van der Waals surface area contributed by atoms with Gasteiger partial charge < -0.3 is 10.2 Å². The van der Waals surface area contributed by atoms with E-state index in [1.807, 2.05) is 32.9 Å². The number of benzene rings is 2. The Labute approximate surface area is 106 Å². The normalized spacial score (nSPS) is 11.1. The molecule has 18 heavy (non-hydrogen) atoms. The predicted octanol–water partition coefficient (Wildman–Crippen LogP) is 3.68. The molecule has 0 aliphatic heterocycles. The lowest BCUT2D eigenvalue weighted by Gasteiger charge is -2.15. The first-order valence-corrected chi connectivity index (χ1v) is 5.91. The fraction of sp³-hybridized carbons (Fsp3) is 0.267. The van der Waals surface area contributed by atoms with E-state index in [9.17, 15) is 15.0 Å². The fourth-order valence-electron chi connectivity index (χ4n) is 2.33. The molecule has 0 spiro atoms. The Balaban J connectivity index is 2.95. The topological polar surface area (TPSA) is 57.5 Å². The van der Waals surface area contributed by atoms with Crippen LogP contribution < -0.4 is 0 Å². The van der Waals surface area contributed by atoms with Gasteiger partial charge in [-0.15, -0.1) is 0 Å². The van der Waals surface area contributed by atoms with Crippen LogP contribution in [0.1, 0.15) is 41.3 Å². The second-order valence-corrected chi connectivity index (χ2v) is 4.87. The van der Waals surface area contributed by atoms with Crippen molar-refractivity contribution in [1.82, 2.24) is 0 Å². The Hall–Kier alpha value is -2.03. The van der Waals surface area contributed by atoms with Gasteiger partial charge in [0.2, 0.25) is 0 Å². The van der Waals surface area contributed by atoms with Crippen LogP contribution in [0, 0.1) is 6.92 Å². The number of carbonyl (C=O) groups is 1. The minimum Gasteiger partial charge on any atom is -0.508 e. The molecule has 0 amide bonds. The van der Waals surface area contributed by atoms with Crippen molar-refractivity contribution < 1.29 is 15.0 Å². The highest BCUT2D eigenvalue weighted by Crippen LogP contribution is 2.36. The van der Waals surface area contributed by atoms with Crippen LogP contribution in [0.2, 0.25) is 0 Å². The van der Waals surface area contributed by atoms with E-state index in [1.54, 1.807) is 6.07 Å². The summed E-state index contributed by atoms with van der Waals surface area (Å²) in [6, 6.07) is 6.96. The third kappa shape index (κ3) is 1.92. The standard InChI is InChI=1S/C15H16O3/c1-8(2)14-11-6-9(3)4-5-10(11)12(15(17)18)7-13(14)16/h4-8,16H,1-3H3,(H,17,18). The van der Waals surface area contributed by atoms with Gasteiger partial charge in [0.05, 0.1) is 5.56 Å². The van der Waals surface area contributed by atoms with Gasteiger partial charge in [-0.2, -0.15) is 0 Å². The number of rotatable bonds is 2. The molecular formula is C15H16O3. The summed E-state index contributed by atoms with van der Waals surface area (Å²) in [5, 5.41) is 20.7. The van der Waals surface area contributed by atoms with Crippen LogP contribution in [-0.2, 0) is 0 Å². The molecule has 0 saturated carbocycles. The number of hydrogen-bond donors (Lipinski definition) is 2. The lowest BCUT2D eigenvalue weighted by atomic mass is 9.91. The number of carboxylic acids is 1. The van der Waals surface area contributed by atoms with E-state index in [0.717, 1.165) is 16.5 Å². The molecule has 0 aliphatic rings. The molecule has 2 aromatic rings. The summed E-state index contributed by atoms with van der Waals surface area (Å²) in [5.41, 5.74) is 2.00. The summed E-state index contributed by atoms with van der Waals surface area (Å²) < 4.78 is 0. The van der Waals surface area contributed by atoms with Crippen LogP contribution in [0.25, 0.3) is 10.8 Å². The van der Waals surface area contributed by atoms with Crippen molar-refractivity contribution in [3.05, 3.63) is 41.0 Å². The van der Waals surface area contributed by atoms with Crippen molar-refractivity contribution in [3.8, 4) is 5.75 Å². The molecule has 0 bridgehead atoms. The van der Waals surface area contributed by atoms with Gasteiger partial charge in [0, 0.05) is 5.56 Å². The lowest BCUT2D eigenvalue weighted by Crippen LogP contribution is -2.01. The molecule has 2 N–H and O–H groups in total. The number of aryl methyl sites for hydroxylation is 1. The number of hydrogen-bond acceptors (Lipinski definition) is 2. The molecule has 2 aromatic carbocycles. The number of phenolic OH excluding ortho intramolecular Hbond substituents is 1. The van der Waals surface area contributed by atoms with Crippen LogP contribution in [0.5, 0.6) is 5.75 Å². The van der Waals surface area contributed by atoms with Crippen LogP contribution in [0.15, 0.2) is 24.3 Å². The highest BCUT2D eigenvalue weighted by atomic mass is 16.4. The fourth-order valence-corrected chi connectivity index (χ4v) is 2.33. The molecule has 3 heteroatoms. The molecule has 0 saturated heterocycles. The third-order valence-electron chi connectivity index (χ3n) is 3.12. The summed E-state index contributed by atoms with van der Waals surface area (Å²) >= 11 is 0. The highest BCUT2D eigenvalue weighted by Gasteiger charge is 2.17. The second kappa shape index (κ2) is 4.33. The summed E-state index contributed by atoms with van der Waals surface area (Å²) in [6.07, 6.45) is 0. The Morgan fingerprint density at radius 1 is 1.17 bits per heavy atom. The van der Waals surface area contributed by atoms with E-state index in [4.69, 9.17) is 0 Å². The van der Waals surface area contributed by atoms with Crippen molar-refractivity contribution in [3.63, 3.8) is 0 Å². The maximum Gasteiger partial charge on any atom is 0.336 e. The van der Waals surface area contributed by atoms with Crippen molar-refractivity contribution in [1.29, 1.82) is 0 Å². The zero-order valence-corrected chi connectivity index (χ0v) is 10.7. The second-order valence-electron chi connectivity index (χ2n) is 4.87. The van der Waals surface area contributed by atoms with Gasteiger partial charge in [-0.3, -0.25) is 0 Å². The molecule has 0 aliphatic carbocycles. The zero-order chi connectivity index (χ0) is 13.4. The van der Waals surface area contributed by atoms with Gasteiger partial charge in [0.1, 0.15) is 5.75 Å². The van der Waals surface area contributed by atoms with Crippen molar-refractivity contribution >= 4 is 16.7 Å². The molecular weight excluding hydrogens is 228 g/mol. The molecule has 0 radical (unpaired) electrons. The summed E-state index contributed by atoms with van der Waals surface area (Å²) in [5.74, 6) is -0.827. The first kappa shape index (κ1) is 12.4. The van der Waals surface area contributed by atoms with Crippen LogP contribution in [-0.4, -0.2) is 16.2 Å². The quantitative estimate of drug-likeness (QED) is 0.847. The highest BCUT2D eigenvalue weighted by molar-refractivity contribution is 6.06. The summed E-state index contributed by atoms with van der Waals surface area (Å²) in [6.45, 7) is 5.92. The van der Waals surface area contributed by atoms with Crippen molar-refractivity contribution in [2.75, 3.05) is 0 Å². The van der Waals surface area contributed by atoms with E-state index in [0.29, 0.717) is 5.39 Å². The molecule has 2 rings (SSSR count). The summed E-state index contributed by atoms with van der Waals surface area (Å²) in [7, 11) is 0. The largest absolute Gasteiger partial charge is 0.508 e. The van der Waals surface area contributed by atoms with E-state index < -0.39 is 5.97 Å². The van der Waals surface area contributed by atoms with Gasteiger partial charge in [-0.1, -0.05) is 37.6 Å². The summed E-state index contributed by atoms with van der Waals surface area (Å²) in [4.78, 5) is 11.2. The SMILES string of the molecule is Cc1ccc2c(C(=O)O)cc(O)c(C(C)C)c2c1. The van der Waals surface area contributed by atoms with E-state index in [-0.39, 0.29) is 17.2 Å². The van der Waals surface area contributed by atoms with E-state index in [1.165, 1.54) is 6.07 Å². The van der Waals surface area contributed by atoms with Crippen LogP contribution in [0.3, 0.4) is 0 Å². The molecule has 0 heterocycles. The minimum absolute atomic E-state index is 0.0560. The molecule has 3 nitrogen and oxygen atoms in total. The van der Waals surface area contributed by atoms with Gasteiger partial charge in [0.15, 0.2) is 0 Å². The van der Waals surface area contributed by atoms with E-state index in [2.05, 4.69) is 0 Å². The average molecular weight is 244 g/mol. The number of aromatic carboxylic acids is 1. The minimum atomic E-state index is -1.02. The zero-order valence-electron chi connectivity index (χ0n) is 10.7. The number of phenols is 1. The van der Waals surface area contributed by atoms with Crippen LogP contribution in [0.4, 0.5) is 0 Å². The van der Waals surface area contributed by atoms with Gasteiger partial charge in [-0.25, -0.2) is 4.79 Å². The van der Waals surface area contributed by atoms with Gasteiger partial charge >= 0.3 is 5.97 Å².